The third-order valence-electron chi connectivity index (χ3n) is 4.44. The van der Waals surface area contributed by atoms with Gasteiger partial charge in [0.05, 0.1) is 8.07 Å². The fourth-order valence-corrected chi connectivity index (χ4v) is 7.13. The summed E-state index contributed by atoms with van der Waals surface area (Å²) in [5.41, 5.74) is 4.00. The Morgan fingerprint density at radius 3 is 2.17 bits per heavy atom. The predicted molar refractivity (Wildman–Crippen MR) is 92.3 cm³/mol. The molecule has 0 saturated carbocycles. The first-order valence-corrected chi connectivity index (χ1v) is 12.6. The SMILES string of the molecule is CC[Si](CC)(CC)CCNCCC[SiH2]C=C(C)C. The van der Waals surface area contributed by atoms with Crippen molar-refractivity contribution in [2.45, 2.75) is 71.3 Å². The first kappa shape index (κ1) is 18.1. The van der Waals surface area contributed by atoms with Crippen LogP contribution in [-0.2, 0) is 0 Å². The Labute approximate surface area is 119 Å². The van der Waals surface area contributed by atoms with Gasteiger partial charge in [0.1, 0.15) is 0 Å². The molecule has 0 aliphatic heterocycles. The fraction of sp³-hybridized carbons (Fsp3) is 0.867. The second-order valence-electron chi connectivity index (χ2n) is 5.84. The highest BCUT2D eigenvalue weighted by atomic mass is 28.3. The smallest absolute Gasteiger partial charge is 0.0540 e. The molecule has 0 rings (SSSR count). The number of allylic oxidation sites excluding steroid dienone is 1. The van der Waals surface area contributed by atoms with Gasteiger partial charge in [-0.05, 0) is 39.4 Å². The molecule has 0 spiro atoms. The third kappa shape index (κ3) is 8.27. The quantitative estimate of drug-likeness (QED) is 0.447. The summed E-state index contributed by atoms with van der Waals surface area (Å²) in [5.74, 6) is 0. The Morgan fingerprint density at radius 1 is 1.06 bits per heavy atom. The van der Waals surface area contributed by atoms with E-state index in [-0.39, 0.29) is 9.52 Å². The van der Waals surface area contributed by atoms with E-state index in [2.05, 4.69) is 45.6 Å². The molecule has 0 amide bonds. The molecule has 3 heteroatoms. The average molecular weight is 286 g/mol. The summed E-state index contributed by atoms with van der Waals surface area (Å²) in [5, 5.41) is 3.67. The molecule has 0 aliphatic carbocycles. The van der Waals surface area contributed by atoms with Crippen LogP contribution in [0.25, 0.3) is 0 Å². The minimum Gasteiger partial charge on any atom is -0.317 e. The molecule has 108 valence electrons. The molecular formula is C15H35NSi2. The van der Waals surface area contributed by atoms with Crippen molar-refractivity contribution < 1.29 is 0 Å². The number of hydrogen-bond donors (Lipinski definition) is 1. The monoisotopic (exact) mass is 285 g/mol. The zero-order valence-electron chi connectivity index (χ0n) is 13.4. The van der Waals surface area contributed by atoms with Crippen molar-refractivity contribution in [2.75, 3.05) is 13.1 Å². The van der Waals surface area contributed by atoms with Crippen LogP contribution >= 0.6 is 0 Å². The second kappa shape index (κ2) is 11.0. The molecule has 0 unspecified atom stereocenters. The molecule has 0 aliphatic rings. The van der Waals surface area contributed by atoms with E-state index in [4.69, 9.17) is 0 Å². The standard InChI is InChI=1S/C15H35NSi2/c1-6-18(7-2,8-3)13-11-16-10-9-12-17-14-15(4)5/h14,16H,6-13,17H2,1-5H3. The molecule has 0 saturated heterocycles. The van der Waals surface area contributed by atoms with Crippen LogP contribution in [0, 0.1) is 0 Å². The largest absolute Gasteiger partial charge is 0.317 e. The maximum Gasteiger partial charge on any atom is 0.0540 e. The maximum absolute atomic E-state index is 3.67. The molecule has 0 radical (unpaired) electrons. The molecule has 0 aromatic rings. The van der Waals surface area contributed by atoms with E-state index in [1.807, 2.05) is 0 Å². The molecule has 0 bridgehead atoms. The van der Waals surface area contributed by atoms with Crippen LogP contribution in [0.5, 0.6) is 0 Å². The Kier molecular flexibility index (Phi) is 11.1. The molecule has 0 fully saturated rings. The Bertz CT molecular complexity index is 210. The summed E-state index contributed by atoms with van der Waals surface area (Å²) in [6.07, 6.45) is 1.38. The van der Waals surface area contributed by atoms with Crippen LogP contribution < -0.4 is 5.32 Å². The molecule has 1 N–H and O–H groups in total. The summed E-state index contributed by atoms with van der Waals surface area (Å²) in [4.78, 5) is 0. The van der Waals surface area contributed by atoms with Gasteiger partial charge in [0.15, 0.2) is 0 Å². The third-order valence-corrected chi connectivity index (χ3v) is 12.3. The highest BCUT2D eigenvalue weighted by Gasteiger charge is 2.25. The van der Waals surface area contributed by atoms with Gasteiger partial charge < -0.3 is 5.32 Å². The van der Waals surface area contributed by atoms with Gasteiger partial charge in [-0.2, -0.15) is 0 Å². The summed E-state index contributed by atoms with van der Waals surface area (Å²) >= 11 is 0. The molecular weight excluding hydrogens is 250 g/mol. The zero-order chi connectivity index (χ0) is 13.9. The van der Waals surface area contributed by atoms with E-state index in [9.17, 15) is 0 Å². The minimum atomic E-state index is -0.871. The number of hydrogen-bond acceptors (Lipinski definition) is 1. The minimum absolute atomic E-state index is 0.0957. The number of rotatable bonds is 11. The highest BCUT2D eigenvalue weighted by molar-refractivity contribution is 6.79. The second-order valence-corrected chi connectivity index (χ2v) is 13.2. The first-order valence-electron chi connectivity index (χ1n) is 7.94. The lowest BCUT2D eigenvalue weighted by Gasteiger charge is -2.28. The van der Waals surface area contributed by atoms with Gasteiger partial charge in [-0.1, -0.05) is 50.5 Å². The van der Waals surface area contributed by atoms with Gasteiger partial charge in [-0.15, -0.1) is 5.70 Å². The Morgan fingerprint density at radius 2 is 1.67 bits per heavy atom. The van der Waals surface area contributed by atoms with Crippen molar-refractivity contribution in [2.24, 2.45) is 0 Å². The lowest BCUT2D eigenvalue weighted by Crippen LogP contribution is -2.35. The van der Waals surface area contributed by atoms with Crippen LogP contribution in [0.4, 0.5) is 0 Å². The number of nitrogens with one attached hydrogen (secondary N) is 1. The van der Waals surface area contributed by atoms with Gasteiger partial charge in [0.25, 0.3) is 0 Å². The molecule has 18 heavy (non-hydrogen) atoms. The molecule has 0 aromatic heterocycles. The molecule has 0 aromatic carbocycles. The summed E-state index contributed by atoms with van der Waals surface area (Å²) in [6, 6.07) is 7.36. The van der Waals surface area contributed by atoms with Gasteiger partial charge >= 0.3 is 0 Å². The van der Waals surface area contributed by atoms with Crippen molar-refractivity contribution in [1.29, 1.82) is 0 Å². The van der Waals surface area contributed by atoms with E-state index in [1.165, 1.54) is 55.3 Å². The van der Waals surface area contributed by atoms with Crippen molar-refractivity contribution in [3.05, 3.63) is 11.3 Å². The Hall–Kier alpha value is 0.134. The van der Waals surface area contributed by atoms with Crippen molar-refractivity contribution >= 4 is 17.6 Å². The van der Waals surface area contributed by atoms with E-state index >= 15 is 0 Å². The summed E-state index contributed by atoms with van der Waals surface area (Å²) in [6.45, 7) is 14.2. The topological polar surface area (TPSA) is 12.0 Å². The fourth-order valence-electron chi connectivity index (χ4n) is 2.54. The van der Waals surface area contributed by atoms with Crippen molar-refractivity contribution in [3.8, 4) is 0 Å². The average Bonchev–Trinajstić information content (AvgIpc) is 2.38. The lowest BCUT2D eigenvalue weighted by molar-refractivity contribution is 0.694. The van der Waals surface area contributed by atoms with Crippen LogP contribution in [-0.4, -0.2) is 30.7 Å². The summed E-state index contributed by atoms with van der Waals surface area (Å²) < 4.78 is 0. The van der Waals surface area contributed by atoms with Crippen LogP contribution in [0.3, 0.4) is 0 Å². The first-order chi connectivity index (χ1) is 8.60. The van der Waals surface area contributed by atoms with Crippen molar-refractivity contribution in [1.82, 2.24) is 5.32 Å². The van der Waals surface area contributed by atoms with Gasteiger partial charge in [0.2, 0.25) is 0 Å². The highest BCUT2D eigenvalue weighted by Crippen LogP contribution is 2.24. The zero-order valence-corrected chi connectivity index (χ0v) is 15.9. The van der Waals surface area contributed by atoms with E-state index < -0.39 is 8.07 Å². The van der Waals surface area contributed by atoms with E-state index in [0.717, 1.165) is 0 Å². The predicted octanol–water partition coefficient (Wildman–Crippen LogP) is 3.99. The van der Waals surface area contributed by atoms with E-state index in [0.29, 0.717) is 0 Å². The normalized spacial score (nSPS) is 12.3. The molecule has 0 heterocycles. The Balaban J connectivity index is 3.52. The van der Waals surface area contributed by atoms with E-state index in [1.54, 1.807) is 0 Å². The van der Waals surface area contributed by atoms with Crippen LogP contribution in [0.15, 0.2) is 11.3 Å². The van der Waals surface area contributed by atoms with Gasteiger partial charge in [-0.3, -0.25) is 0 Å². The van der Waals surface area contributed by atoms with Gasteiger partial charge in [-0.25, -0.2) is 0 Å². The van der Waals surface area contributed by atoms with Crippen LogP contribution in [0.1, 0.15) is 41.0 Å². The van der Waals surface area contributed by atoms with Crippen molar-refractivity contribution in [3.63, 3.8) is 0 Å². The maximum atomic E-state index is 3.67. The van der Waals surface area contributed by atoms with Crippen LogP contribution in [0.2, 0.25) is 30.2 Å². The molecule has 0 atom stereocenters. The molecule has 1 nitrogen and oxygen atoms in total. The lowest BCUT2D eigenvalue weighted by atomic mass is 10.4. The van der Waals surface area contributed by atoms with Gasteiger partial charge in [0, 0.05) is 9.52 Å². The summed E-state index contributed by atoms with van der Waals surface area (Å²) in [7, 11) is -0.775.